The number of aliphatic carboxylic acids is 1. The third kappa shape index (κ3) is 4.70. The first-order valence-electron chi connectivity index (χ1n) is 7.57. The van der Waals surface area contributed by atoms with E-state index in [1.807, 2.05) is 0 Å². The van der Waals surface area contributed by atoms with Crippen LogP contribution in [0, 0.1) is 0 Å². The maximum Gasteiger partial charge on any atom is 0.408 e. The van der Waals surface area contributed by atoms with Crippen LogP contribution in [0.15, 0.2) is 60.7 Å². The van der Waals surface area contributed by atoms with E-state index in [9.17, 15) is 23.5 Å². The molecular formula is C18H16ClF2NO4. The first kappa shape index (κ1) is 19.7. The minimum absolute atomic E-state index is 0.207. The van der Waals surface area contributed by atoms with Crippen LogP contribution in [0.2, 0.25) is 0 Å². The predicted octanol–water partition coefficient (Wildman–Crippen LogP) is 3.81. The summed E-state index contributed by atoms with van der Waals surface area (Å²) in [5.74, 6) is -1.97. The van der Waals surface area contributed by atoms with Crippen LogP contribution in [0.3, 0.4) is 0 Å². The molecule has 0 radical (unpaired) electrons. The highest BCUT2D eigenvalue weighted by molar-refractivity contribution is 6.24. The van der Waals surface area contributed by atoms with Gasteiger partial charge in [0.2, 0.25) is 5.54 Å². The lowest BCUT2D eigenvalue weighted by Crippen LogP contribution is -2.65. The van der Waals surface area contributed by atoms with E-state index in [0.29, 0.717) is 5.56 Å². The summed E-state index contributed by atoms with van der Waals surface area (Å²) >= 11 is 5.08. The fourth-order valence-electron chi connectivity index (χ4n) is 2.30. The van der Waals surface area contributed by atoms with Crippen LogP contribution in [0.1, 0.15) is 11.1 Å². The molecule has 138 valence electrons. The normalized spacial score (nSPS) is 13.5. The molecule has 0 heterocycles. The number of carbonyl (C=O) groups excluding carboxylic acids is 1. The molecule has 0 saturated carbocycles. The number of carboxylic acids is 1. The molecule has 1 amide bonds. The van der Waals surface area contributed by atoms with E-state index >= 15 is 0 Å². The highest BCUT2D eigenvalue weighted by Gasteiger charge is 2.60. The second kappa shape index (κ2) is 8.14. The molecule has 1 unspecified atom stereocenters. The molecule has 1 atom stereocenters. The lowest BCUT2D eigenvalue weighted by Gasteiger charge is -2.33. The summed E-state index contributed by atoms with van der Waals surface area (Å²) in [4.78, 5) is 23.6. The summed E-state index contributed by atoms with van der Waals surface area (Å²) < 4.78 is 32.9. The van der Waals surface area contributed by atoms with Gasteiger partial charge in [-0.2, -0.15) is 8.78 Å². The van der Waals surface area contributed by atoms with Crippen LogP contribution in [-0.4, -0.2) is 28.1 Å². The average Bonchev–Trinajstić information content (AvgIpc) is 2.60. The molecule has 2 N–H and O–H groups in total. The summed E-state index contributed by atoms with van der Waals surface area (Å²) in [5.41, 5.74) is -2.19. The van der Waals surface area contributed by atoms with Crippen LogP contribution in [0.25, 0.3) is 0 Å². The third-order valence-corrected chi connectivity index (χ3v) is 4.01. The molecule has 2 aromatic rings. The highest BCUT2D eigenvalue weighted by Crippen LogP contribution is 2.36. The van der Waals surface area contributed by atoms with Gasteiger partial charge in [0.1, 0.15) is 6.61 Å². The van der Waals surface area contributed by atoms with Gasteiger partial charge in [-0.1, -0.05) is 60.7 Å². The van der Waals surface area contributed by atoms with E-state index in [-0.39, 0.29) is 12.2 Å². The van der Waals surface area contributed by atoms with Gasteiger partial charge in [-0.05, 0) is 22.7 Å². The zero-order valence-electron chi connectivity index (χ0n) is 13.5. The Morgan fingerprint density at radius 2 is 1.50 bits per heavy atom. The molecule has 0 aromatic heterocycles. The number of rotatable bonds is 7. The molecule has 0 spiro atoms. The molecule has 0 bridgehead atoms. The number of hydrogen-bond donors (Lipinski definition) is 2. The fraction of sp³-hybridized carbons (Fsp3) is 0.222. The summed E-state index contributed by atoms with van der Waals surface area (Å²) in [7, 11) is 0. The molecule has 0 aliphatic rings. The standard InChI is InChI=1S/C18H16ClF2NO4/c19-18(20,21)17(15(23)24,11-13-7-3-1-4-8-13)22-16(25)26-12-14-9-5-2-6-10-14/h1-10H,11-12H2,(H,22,25)(H,23,24). The third-order valence-electron chi connectivity index (χ3n) is 3.69. The Bertz CT molecular complexity index is 753. The van der Waals surface area contributed by atoms with Crippen molar-refractivity contribution in [3.63, 3.8) is 0 Å². The molecule has 2 aromatic carbocycles. The van der Waals surface area contributed by atoms with E-state index < -0.39 is 29.4 Å². The smallest absolute Gasteiger partial charge is 0.408 e. The number of nitrogens with one attached hydrogen (secondary N) is 1. The van der Waals surface area contributed by atoms with Crippen molar-refractivity contribution in [2.75, 3.05) is 0 Å². The lowest BCUT2D eigenvalue weighted by molar-refractivity contribution is -0.155. The SMILES string of the molecule is O=C(NC(Cc1ccccc1)(C(=O)O)C(F)(F)Cl)OCc1ccccc1. The Morgan fingerprint density at radius 3 is 1.96 bits per heavy atom. The highest BCUT2D eigenvalue weighted by atomic mass is 35.5. The fourth-order valence-corrected chi connectivity index (χ4v) is 2.50. The van der Waals surface area contributed by atoms with Gasteiger partial charge in [-0.15, -0.1) is 0 Å². The zero-order valence-corrected chi connectivity index (χ0v) is 14.2. The Hall–Kier alpha value is -2.67. The van der Waals surface area contributed by atoms with Gasteiger partial charge >= 0.3 is 17.4 Å². The molecule has 0 saturated heterocycles. The van der Waals surface area contributed by atoms with Gasteiger partial charge < -0.3 is 9.84 Å². The Labute approximate surface area is 153 Å². The van der Waals surface area contributed by atoms with E-state index in [2.05, 4.69) is 0 Å². The number of carbonyl (C=O) groups is 2. The first-order valence-corrected chi connectivity index (χ1v) is 7.95. The number of amides is 1. The van der Waals surface area contributed by atoms with Crippen molar-refractivity contribution in [3.05, 3.63) is 71.8 Å². The summed E-state index contributed by atoms with van der Waals surface area (Å²) in [6, 6.07) is 16.2. The van der Waals surface area contributed by atoms with Crippen molar-refractivity contribution in [3.8, 4) is 0 Å². The number of carboxylic acid groups (broad SMARTS) is 1. The van der Waals surface area contributed by atoms with Crippen molar-refractivity contribution in [2.24, 2.45) is 0 Å². The van der Waals surface area contributed by atoms with Crippen LogP contribution in [0.4, 0.5) is 13.6 Å². The number of hydrogen-bond acceptors (Lipinski definition) is 3. The second-order valence-electron chi connectivity index (χ2n) is 5.56. The van der Waals surface area contributed by atoms with E-state index in [4.69, 9.17) is 16.3 Å². The molecule has 8 heteroatoms. The van der Waals surface area contributed by atoms with Crippen molar-refractivity contribution < 1.29 is 28.2 Å². The van der Waals surface area contributed by atoms with Crippen molar-refractivity contribution >= 4 is 23.7 Å². The van der Waals surface area contributed by atoms with E-state index in [1.165, 1.54) is 12.1 Å². The van der Waals surface area contributed by atoms with Crippen molar-refractivity contribution in [2.45, 2.75) is 23.9 Å². The minimum Gasteiger partial charge on any atom is -0.479 e. The van der Waals surface area contributed by atoms with Crippen LogP contribution in [0.5, 0.6) is 0 Å². The van der Waals surface area contributed by atoms with Crippen molar-refractivity contribution in [1.29, 1.82) is 0 Å². The Morgan fingerprint density at radius 1 is 1.00 bits per heavy atom. The summed E-state index contributed by atoms with van der Waals surface area (Å²) in [6.45, 7) is -0.207. The quantitative estimate of drug-likeness (QED) is 0.713. The topological polar surface area (TPSA) is 75.6 Å². The number of benzene rings is 2. The van der Waals surface area contributed by atoms with Crippen molar-refractivity contribution in [1.82, 2.24) is 5.32 Å². The van der Waals surface area contributed by atoms with E-state index in [0.717, 1.165) is 0 Å². The zero-order chi connectivity index (χ0) is 19.2. The maximum atomic E-state index is 14.0. The van der Waals surface area contributed by atoms with Gasteiger partial charge in [0.15, 0.2) is 0 Å². The largest absolute Gasteiger partial charge is 0.479 e. The van der Waals surface area contributed by atoms with Gasteiger partial charge in [-0.25, -0.2) is 9.59 Å². The lowest BCUT2D eigenvalue weighted by atomic mass is 9.91. The van der Waals surface area contributed by atoms with Crippen LogP contribution >= 0.6 is 11.6 Å². The van der Waals surface area contributed by atoms with Gasteiger partial charge in [0.25, 0.3) is 0 Å². The van der Waals surface area contributed by atoms with Crippen LogP contribution < -0.4 is 5.32 Å². The molecule has 0 aliphatic heterocycles. The van der Waals surface area contributed by atoms with Gasteiger partial charge in [0, 0.05) is 6.42 Å². The molecule has 5 nitrogen and oxygen atoms in total. The molecule has 2 rings (SSSR count). The monoisotopic (exact) mass is 383 g/mol. The number of halogens is 3. The first-order chi connectivity index (χ1) is 12.2. The molecule has 0 aliphatic carbocycles. The van der Waals surface area contributed by atoms with Gasteiger partial charge in [-0.3, -0.25) is 5.32 Å². The number of alkyl carbamates (subject to hydrolysis) is 1. The summed E-state index contributed by atoms with van der Waals surface area (Å²) in [6.07, 6.45) is -2.03. The van der Waals surface area contributed by atoms with Crippen LogP contribution in [-0.2, 0) is 22.6 Å². The second-order valence-corrected chi connectivity index (χ2v) is 6.03. The minimum atomic E-state index is -4.26. The predicted molar refractivity (Wildman–Crippen MR) is 91.1 cm³/mol. The molecule has 0 fully saturated rings. The van der Waals surface area contributed by atoms with E-state index in [1.54, 1.807) is 53.8 Å². The summed E-state index contributed by atoms with van der Waals surface area (Å²) in [5, 5.41) is 6.90. The number of alkyl halides is 3. The average molecular weight is 384 g/mol. The molecule has 26 heavy (non-hydrogen) atoms. The van der Waals surface area contributed by atoms with Gasteiger partial charge in [0.05, 0.1) is 0 Å². The maximum absolute atomic E-state index is 14.0. The Kier molecular flexibility index (Phi) is 6.15. The Balaban J connectivity index is 2.20. The number of ether oxygens (including phenoxy) is 1. The molecular weight excluding hydrogens is 368 g/mol.